The molecule has 1 aromatic carbocycles. The number of nitroso groups, excluding NO2 is 1. The molecule has 0 aliphatic carbocycles. The highest BCUT2D eigenvalue weighted by Crippen LogP contribution is 2.13. The Morgan fingerprint density at radius 1 is 1.21 bits per heavy atom. The quantitative estimate of drug-likeness (QED) is 0.592. The largest absolute Gasteiger partial charge is 0.232 e. The van der Waals surface area contributed by atoms with Crippen molar-refractivity contribution in [2.75, 3.05) is 5.75 Å². The van der Waals surface area contributed by atoms with Crippen LogP contribution < -0.4 is 0 Å². The van der Waals surface area contributed by atoms with Gasteiger partial charge in [0.05, 0.1) is 5.75 Å². The van der Waals surface area contributed by atoms with Crippen LogP contribution in [-0.4, -0.2) is 14.2 Å². The van der Waals surface area contributed by atoms with Crippen molar-refractivity contribution < 1.29 is 8.42 Å². The van der Waals surface area contributed by atoms with Gasteiger partial charge in [-0.1, -0.05) is 12.1 Å². The molecule has 14 heavy (non-hydrogen) atoms. The molecule has 76 valence electrons. The number of aryl methyl sites for hydroxylation is 1. The molecule has 0 unspecified atom stereocenters. The number of benzene rings is 1. The van der Waals surface area contributed by atoms with E-state index in [4.69, 9.17) is 10.7 Å². The first kappa shape index (κ1) is 11.1. The van der Waals surface area contributed by atoms with Gasteiger partial charge in [0.2, 0.25) is 9.05 Å². The van der Waals surface area contributed by atoms with Crippen LogP contribution in [0.1, 0.15) is 5.56 Å². The lowest BCUT2D eigenvalue weighted by molar-refractivity contribution is 0.609. The summed E-state index contributed by atoms with van der Waals surface area (Å²) in [6.45, 7) is 0. The van der Waals surface area contributed by atoms with E-state index < -0.39 is 9.05 Å². The highest BCUT2D eigenvalue weighted by atomic mass is 35.7. The van der Waals surface area contributed by atoms with Crippen molar-refractivity contribution in [2.24, 2.45) is 5.18 Å². The van der Waals surface area contributed by atoms with Crippen LogP contribution >= 0.6 is 10.7 Å². The third-order valence-corrected chi connectivity index (χ3v) is 2.83. The third-order valence-electron chi connectivity index (χ3n) is 1.68. The Morgan fingerprint density at radius 3 is 2.21 bits per heavy atom. The molecule has 0 atom stereocenters. The Balaban J connectivity index is 2.65. The van der Waals surface area contributed by atoms with Crippen molar-refractivity contribution in [1.82, 2.24) is 0 Å². The van der Waals surface area contributed by atoms with Crippen molar-refractivity contribution in [1.29, 1.82) is 0 Å². The Morgan fingerprint density at radius 2 is 1.79 bits per heavy atom. The van der Waals surface area contributed by atoms with Gasteiger partial charge in [0.15, 0.2) is 0 Å². The van der Waals surface area contributed by atoms with Crippen LogP contribution in [0.2, 0.25) is 0 Å². The second-order valence-electron chi connectivity index (χ2n) is 2.75. The predicted octanol–water partition coefficient (Wildman–Crippen LogP) is 2.20. The first-order valence-electron chi connectivity index (χ1n) is 3.86. The Kier molecular flexibility index (Phi) is 3.60. The van der Waals surface area contributed by atoms with E-state index in [-0.39, 0.29) is 5.75 Å². The summed E-state index contributed by atoms with van der Waals surface area (Å²) in [5.74, 6) is -0.109. The van der Waals surface area contributed by atoms with E-state index in [0.29, 0.717) is 12.1 Å². The van der Waals surface area contributed by atoms with Crippen LogP contribution in [0.3, 0.4) is 0 Å². The van der Waals surface area contributed by atoms with Crippen molar-refractivity contribution in [2.45, 2.75) is 6.42 Å². The lowest BCUT2D eigenvalue weighted by Gasteiger charge is -1.98. The van der Waals surface area contributed by atoms with E-state index in [1.807, 2.05) is 0 Å². The summed E-state index contributed by atoms with van der Waals surface area (Å²) >= 11 is 0. The molecular formula is C8H8ClNO3S. The van der Waals surface area contributed by atoms with Crippen LogP contribution in [-0.2, 0) is 15.5 Å². The molecule has 0 saturated carbocycles. The van der Waals surface area contributed by atoms with Gasteiger partial charge in [-0.2, -0.15) is 0 Å². The van der Waals surface area contributed by atoms with Crippen LogP contribution in [0.25, 0.3) is 0 Å². The SMILES string of the molecule is O=Nc1ccc(CCS(=O)(=O)Cl)cc1. The molecule has 0 aromatic heterocycles. The summed E-state index contributed by atoms with van der Waals surface area (Å²) in [5.41, 5.74) is 1.13. The summed E-state index contributed by atoms with van der Waals surface area (Å²) in [7, 11) is 1.59. The van der Waals surface area contributed by atoms with Gasteiger partial charge in [-0.15, -0.1) is 4.91 Å². The van der Waals surface area contributed by atoms with Gasteiger partial charge in [-0.3, -0.25) is 0 Å². The maximum absolute atomic E-state index is 10.6. The molecule has 0 aliphatic heterocycles. The minimum atomic E-state index is -3.45. The number of nitrogens with zero attached hydrogens (tertiary/aromatic N) is 1. The molecule has 0 N–H and O–H groups in total. The monoisotopic (exact) mass is 233 g/mol. The number of hydrogen-bond acceptors (Lipinski definition) is 4. The van der Waals surface area contributed by atoms with E-state index in [1.165, 1.54) is 12.1 Å². The minimum Gasteiger partial charge on any atom is -0.212 e. The number of halogens is 1. The van der Waals surface area contributed by atoms with Crippen molar-refractivity contribution in [3.63, 3.8) is 0 Å². The first-order chi connectivity index (χ1) is 6.51. The van der Waals surface area contributed by atoms with Gasteiger partial charge >= 0.3 is 0 Å². The summed E-state index contributed by atoms with van der Waals surface area (Å²) in [5, 5.41) is 2.73. The van der Waals surface area contributed by atoms with Crippen LogP contribution in [0, 0.1) is 4.91 Å². The van der Waals surface area contributed by atoms with E-state index in [1.54, 1.807) is 12.1 Å². The fourth-order valence-corrected chi connectivity index (χ4v) is 1.67. The second kappa shape index (κ2) is 4.52. The number of rotatable bonds is 4. The standard InChI is InChI=1S/C8H8ClNO3S/c9-14(12,13)6-5-7-1-3-8(10-11)4-2-7/h1-4H,5-6H2. The van der Waals surface area contributed by atoms with Gasteiger partial charge in [-0.25, -0.2) is 8.42 Å². The van der Waals surface area contributed by atoms with Crippen molar-refractivity contribution >= 4 is 25.4 Å². The molecule has 0 saturated heterocycles. The smallest absolute Gasteiger partial charge is 0.212 e. The first-order valence-corrected chi connectivity index (χ1v) is 6.34. The van der Waals surface area contributed by atoms with Crippen LogP contribution in [0.15, 0.2) is 29.4 Å². The van der Waals surface area contributed by atoms with Gasteiger partial charge < -0.3 is 0 Å². The summed E-state index contributed by atoms with van der Waals surface area (Å²) in [6.07, 6.45) is 0.338. The normalized spacial score (nSPS) is 11.2. The third kappa shape index (κ3) is 3.85. The summed E-state index contributed by atoms with van der Waals surface area (Å²) in [4.78, 5) is 10.1. The fraction of sp³-hybridized carbons (Fsp3) is 0.250. The zero-order valence-electron chi connectivity index (χ0n) is 7.18. The number of hydrogen-bond donors (Lipinski definition) is 0. The van der Waals surface area contributed by atoms with E-state index >= 15 is 0 Å². The molecule has 0 aliphatic rings. The molecule has 0 fully saturated rings. The maximum Gasteiger partial charge on any atom is 0.232 e. The zero-order valence-corrected chi connectivity index (χ0v) is 8.75. The van der Waals surface area contributed by atoms with E-state index in [9.17, 15) is 13.3 Å². The Bertz CT molecular complexity index is 413. The van der Waals surface area contributed by atoms with Gasteiger partial charge in [0, 0.05) is 10.7 Å². The molecule has 1 rings (SSSR count). The Hall–Kier alpha value is -0.940. The lowest BCUT2D eigenvalue weighted by atomic mass is 10.2. The van der Waals surface area contributed by atoms with Gasteiger partial charge in [-0.05, 0) is 29.3 Å². The van der Waals surface area contributed by atoms with Crippen molar-refractivity contribution in [3.8, 4) is 0 Å². The topological polar surface area (TPSA) is 63.6 Å². The summed E-state index contributed by atoms with van der Waals surface area (Å²) in [6, 6.07) is 6.37. The average Bonchev–Trinajstić information content (AvgIpc) is 2.14. The predicted molar refractivity (Wildman–Crippen MR) is 55.2 cm³/mol. The molecule has 1 aromatic rings. The average molecular weight is 234 g/mol. The van der Waals surface area contributed by atoms with Crippen LogP contribution in [0.5, 0.6) is 0 Å². The lowest BCUT2D eigenvalue weighted by Crippen LogP contribution is -2.00. The highest BCUT2D eigenvalue weighted by Gasteiger charge is 2.05. The summed E-state index contributed by atoms with van der Waals surface area (Å²) < 4.78 is 21.2. The van der Waals surface area contributed by atoms with Crippen LogP contribution in [0.4, 0.5) is 5.69 Å². The maximum atomic E-state index is 10.6. The molecule has 6 heteroatoms. The highest BCUT2D eigenvalue weighted by molar-refractivity contribution is 8.13. The minimum absolute atomic E-state index is 0.109. The molecule has 0 bridgehead atoms. The molecule has 0 radical (unpaired) electrons. The zero-order chi connectivity index (χ0) is 10.6. The Labute approximate surface area is 86.3 Å². The van der Waals surface area contributed by atoms with E-state index in [2.05, 4.69) is 5.18 Å². The van der Waals surface area contributed by atoms with Gasteiger partial charge in [0.25, 0.3) is 0 Å². The second-order valence-corrected chi connectivity index (χ2v) is 5.65. The molecule has 0 heterocycles. The molecule has 0 spiro atoms. The van der Waals surface area contributed by atoms with Gasteiger partial charge in [0.1, 0.15) is 5.69 Å². The van der Waals surface area contributed by atoms with Crippen molar-refractivity contribution in [3.05, 3.63) is 34.7 Å². The molecule has 0 amide bonds. The van der Waals surface area contributed by atoms with E-state index in [0.717, 1.165) is 5.56 Å². The fourth-order valence-electron chi connectivity index (χ4n) is 0.963. The molecule has 4 nitrogen and oxygen atoms in total. The molecular weight excluding hydrogens is 226 g/mol.